The lowest BCUT2D eigenvalue weighted by Crippen LogP contribution is -2.50. The molecule has 5 nitrogen and oxygen atoms in total. The maximum Gasteiger partial charge on any atom is 0.317 e. The summed E-state index contributed by atoms with van der Waals surface area (Å²) in [7, 11) is 0. The first kappa shape index (κ1) is 17.4. The van der Waals surface area contributed by atoms with Gasteiger partial charge in [0.1, 0.15) is 0 Å². The van der Waals surface area contributed by atoms with Crippen molar-refractivity contribution in [1.82, 2.24) is 15.2 Å². The third-order valence-corrected chi connectivity index (χ3v) is 4.97. The molecule has 0 aliphatic carbocycles. The second-order valence-corrected chi connectivity index (χ2v) is 6.81. The van der Waals surface area contributed by atoms with Gasteiger partial charge in [-0.05, 0) is 48.1 Å². The van der Waals surface area contributed by atoms with Gasteiger partial charge in [-0.3, -0.25) is 4.98 Å². The quantitative estimate of drug-likeness (QED) is 0.902. The molecule has 1 fully saturated rings. The number of rotatable bonds is 3. The molecule has 3 atom stereocenters. The van der Waals surface area contributed by atoms with Gasteiger partial charge in [-0.2, -0.15) is 0 Å². The molecule has 2 N–H and O–H groups in total. The van der Waals surface area contributed by atoms with Gasteiger partial charge in [-0.25, -0.2) is 4.79 Å². The molecule has 1 aromatic heterocycles. The van der Waals surface area contributed by atoms with Crippen molar-refractivity contribution in [2.24, 2.45) is 5.92 Å². The average molecular weight is 339 g/mol. The van der Waals surface area contributed by atoms with Gasteiger partial charge in [0, 0.05) is 25.5 Å². The van der Waals surface area contributed by atoms with Crippen molar-refractivity contribution >= 4 is 6.03 Å². The number of hydrogen-bond acceptors (Lipinski definition) is 3. The van der Waals surface area contributed by atoms with Crippen molar-refractivity contribution in [3.63, 3.8) is 0 Å². The Morgan fingerprint density at radius 2 is 1.84 bits per heavy atom. The first-order chi connectivity index (χ1) is 12.0. The third-order valence-electron chi connectivity index (χ3n) is 4.97. The van der Waals surface area contributed by atoms with Gasteiger partial charge in [0.25, 0.3) is 0 Å². The number of likely N-dealkylation sites (tertiary alicyclic amines) is 1. The number of nitrogens with zero attached hydrogens (tertiary/aromatic N) is 2. The summed E-state index contributed by atoms with van der Waals surface area (Å²) in [6.45, 7) is 5.09. The molecule has 2 aromatic rings. The molecule has 25 heavy (non-hydrogen) atoms. The number of carbonyl (C=O) groups is 1. The smallest absolute Gasteiger partial charge is 0.317 e. The van der Waals surface area contributed by atoms with E-state index >= 15 is 0 Å². The Balaban J connectivity index is 1.61. The Morgan fingerprint density at radius 3 is 2.48 bits per heavy atom. The molecular formula is C20H25N3O2. The number of β-amino-alcohol motifs (C(OH)–C–C–N with tert-alkyl or cyclic N) is 1. The van der Waals surface area contributed by atoms with E-state index in [1.165, 1.54) is 0 Å². The summed E-state index contributed by atoms with van der Waals surface area (Å²) in [5.74, 6) is 0.252. The van der Waals surface area contributed by atoms with Crippen LogP contribution in [-0.4, -0.2) is 40.2 Å². The van der Waals surface area contributed by atoms with Crippen LogP contribution in [0.4, 0.5) is 4.79 Å². The zero-order valence-electron chi connectivity index (χ0n) is 14.7. The molecule has 2 heterocycles. The van der Waals surface area contributed by atoms with Crippen LogP contribution in [0.25, 0.3) is 11.1 Å². The molecule has 1 saturated heterocycles. The number of aliphatic hydroxyl groups excluding tert-OH is 1. The lowest BCUT2D eigenvalue weighted by Gasteiger charge is -2.35. The van der Waals surface area contributed by atoms with Crippen LogP contribution >= 0.6 is 0 Å². The Kier molecular flexibility index (Phi) is 5.34. The number of aliphatic hydroxyl groups is 1. The van der Waals surface area contributed by atoms with Crippen LogP contribution in [0.15, 0.2) is 48.8 Å². The average Bonchev–Trinajstić information content (AvgIpc) is 2.64. The van der Waals surface area contributed by atoms with Gasteiger partial charge in [-0.1, -0.05) is 31.2 Å². The number of amides is 2. The van der Waals surface area contributed by atoms with Crippen molar-refractivity contribution < 1.29 is 9.90 Å². The minimum absolute atomic E-state index is 0.0875. The van der Waals surface area contributed by atoms with Crippen molar-refractivity contribution in [1.29, 1.82) is 0 Å². The van der Waals surface area contributed by atoms with Gasteiger partial charge in [0.05, 0.1) is 12.1 Å². The summed E-state index contributed by atoms with van der Waals surface area (Å²) < 4.78 is 0. The van der Waals surface area contributed by atoms with Crippen LogP contribution in [-0.2, 0) is 0 Å². The molecule has 1 aliphatic heterocycles. The second-order valence-electron chi connectivity index (χ2n) is 6.81. The summed E-state index contributed by atoms with van der Waals surface area (Å²) in [5.41, 5.74) is 3.30. The zero-order valence-corrected chi connectivity index (χ0v) is 14.7. The minimum Gasteiger partial charge on any atom is -0.391 e. The molecule has 0 saturated carbocycles. The normalized spacial score (nSPS) is 21.6. The van der Waals surface area contributed by atoms with Gasteiger partial charge in [-0.15, -0.1) is 0 Å². The van der Waals surface area contributed by atoms with Crippen molar-refractivity contribution in [3.8, 4) is 11.1 Å². The number of benzene rings is 1. The maximum absolute atomic E-state index is 12.4. The topological polar surface area (TPSA) is 65.5 Å². The highest BCUT2D eigenvalue weighted by molar-refractivity contribution is 5.75. The first-order valence-corrected chi connectivity index (χ1v) is 8.78. The van der Waals surface area contributed by atoms with E-state index in [4.69, 9.17) is 0 Å². The van der Waals surface area contributed by atoms with Crippen LogP contribution < -0.4 is 5.32 Å². The number of piperidine rings is 1. The van der Waals surface area contributed by atoms with E-state index in [0.717, 1.165) is 23.1 Å². The van der Waals surface area contributed by atoms with Crippen LogP contribution in [0.2, 0.25) is 0 Å². The number of aromatic nitrogens is 1. The highest BCUT2D eigenvalue weighted by Gasteiger charge is 2.27. The van der Waals surface area contributed by atoms with E-state index in [9.17, 15) is 9.90 Å². The van der Waals surface area contributed by atoms with E-state index in [1.807, 2.05) is 38.1 Å². The third kappa shape index (κ3) is 4.17. The molecule has 1 aromatic carbocycles. The predicted octanol–water partition coefficient (Wildman–Crippen LogP) is 3.22. The lowest BCUT2D eigenvalue weighted by atomic mass is 9.96. The minimum atomic E-state index is -0.436. The largest absolute Gasteiger partial charge is 0.391 e. The molecule has 3 rings (SSSR count). The summed E-state index contributed by atoms with van der Waals surface area (Å²) >= 11 is 0. The standard InChI is InChI=1S/C20H25N3O2/c1-14-9-12-23(13-19(14)24)20(25)22-15(2)16-3-5-17(6-4-16)18-7-10-21-11-8-18/h3-8,10-11,14-15,19,24H,9,12-13H2,1-2H3,(H,22,25). The van der Waals surface area contributed by atoms with Gasteiger partial charge < -0.3 is 15.3 Å². The van der Waals surface area contributed by atoms with Gasteiger partial charge in [0.15, 0.2) is 0 Å². The number of nitrogens with one attached hydrogen (secondary N) is 1. The Labute approximate surface area is 148 Å². The Bertz CT molecular complexity index is 703. The highest BCUT2D eigenvalue weighted by atomic mass is 16.3. The predicted molar refractivity (Wildman–Crippen MR) is 98.0 cm³/mol. The molecule has 0 radical (unpaired) electrons. The van der Waals surface area contributed by atoms with Crippen LogP contribution in [0.5, 0.6) is 0 Å². The molecule has 0 bridgehead atoms. The SMILES string of the molecule is CC(NC(=O)N1CCC(C)C(O)C1)c1ccc(-c2ccncc2)cc1. The number of pyridine rings is 1. The summed E-state index contributed by atoms with van der Waals surface area (Å²) in [5, 5.41) is 13.0. The van der Waals surface area contributed by atoms with Crippen LogP contribution in [0.1, 0.15) is 31.9 Å². The molecule has 3 unspecified atom stereocenters. The van der Waals surface area contributed by atoms with Gasteiger partial charge >= 0.3 is 6.03 Å². The van der Waals surface area contributed by atoms with E-state index in [-0.39, 0.29) is 18.0 Å². The van der Waals surface area contributed by atoms with Crippen molar-refractivity contribution in [3.05, 3.63) is 54.4 Å². The molecule has 2 amide bonds. The lowest BCUT2D eigenvalue weighted by molar-refractivity contribution is 0.0431. The van der Waals surface area contributed by atoms with E-state index in [2.05, 4.69) is 22.4 Å². The monoisotopic (exact) mass is 339 g/mol. The number of carbonyl (C=O) groups excluding carboxylic acids is 1. The molecule has 0 spiro atoms. The van der Waals surface area contributed by atoms with Crippen molar-refractivity contribution in [2.45, 2.75) is 32.4 Å². The fourth-order valence-electron chi connectivity index (χ4n) is 3.10. The molecule has 1 aliphatic rings. The Morgan fingerprint density at radius 1 is 1.20 bits per heavy atom. The van der Waals surface area contributed by atoms with E-state index in [1.54, 1.807) is 17.3 Å². The number of urea groups is 1. The molecule has 5 heteroatoms. The van der Waals surface area contributed by atoms with Gasteiger partial charge in [0.2, 0.25) is 0 Å². The molecule has 132 valence electrons. The number of hydrogen-bond donors (Lipinski definition) is 2. The second kappa shape index (κ2) is 7.66. The fraction of sp³-hybridized carbons (Fsp3) is 0.400. The van der Waals surface area contributed by atoms with Crippen molar-refractivity contribution in [2.75, 3.05) is 13.1 Å². The Hall–Kier alpha value is -2.40. The van der Waals surface area contributed by atoms with E-state index < -0.39 is 6.10 Å². The maximum atomic E-state index is 12.4. The first-order valence-electron chi connectivity index (χ1n) is 8.78. The fourth-order valence-corrected chi connectivity index (χ4v) is 3.10. The summed E-state index contributed by atoms with van der Waals surface area (Å²) in [6, 6.07) is 11.9. The summed E-state index contributed by atoms with van der Waals surface area (Å²) in [4.78, 5) is 18.2. The highest BCUT2D eigenvalue weighted by Crippen LogP contribution is 2.22. The summed E-state index contributed by atoms with van der Waals surface area (Å²) in [6.07, 6.45) is 3.96. The molecular weight excluding hydrogens is 314 g/mol. The van der Waals surface area contributed by atoms with Crippen LogP contribution in [0.3, 0.4) is 0 Å². The van der Waals surface area contributed by atoms with E-state index in [0.29, 0.717) is 13.1 Å². The zero-order chi connectivity index (χ0) is 17.8. The van der Waals surface area contributed by atoms with Crippen LogP contribution in [0, 0.1) is 5.92 Å².